The van der Waals surface area contributed by atoms with Gasteiger partial charge < -0.3 is 10.4 Å². The van der Waals surface area contributed by atoms with Crippen LogP contribution >= 0.6 is 11.6 Å². The summed E-state index contributed by atoms with van der Waals surface area (Å²) in [6.45, 7) is 1.53. The van der Waals surface area contributed by atoms with Crippen molar-refractivity contribution in [3.8, 4) is 0 Å². The normalized spacial score (nSPS) is 21.7. The van der Waals surface area contributed by atoms with Crippen LogP contribution in [0, 0.1) is 0 Å². The lowest BCUT2D eigenvalue weighted by Crippen LogP contribution is -2.39. The maximum atomic E-state index is 11.1. The van der Waals surface area contributed by atoms with Gasteiger partial charge in [0, 0.05) is 11.1 Å². The van der Waals surface area contributed by atoms with Crippen molar-refractivity contribution in [3.05, 3.63) is 34.9 Å². The molecule has 1 fully saturated rings. The second-order valence-corrected chi connectivity index (χ2v) is 7.72. The van der Waals surface area contributed by atoms with Gasteiger partial charge in [0.15, 0.2) is 9.84 Å². The van der Waals surface area contributed by atoms with Crippen LogP contribution in [0.3, 0.4) is 0 Å². The van der Waals surface area contributed by atoms with E-state index in [2.05, 4.69) is 10.2 Å². The van der Waals surface area contributed by atoms with E-state index in [1.807, 2.05) is 0 Å². The number of hydrogen-bond acceptors (Lipinski definition) is 6. The fourth-order valence-electron chi connectivity index (χ4n) is 1.98. The molecule has 0 aliphatic carbocycles. The van der Waals surface area contributed by atoms with E-state index in [1.165, 1.54) is 19.1 Å². The zero-order valence-electron chi connectivity index (χ0n) is 12.1. The molecule has 1 aliphatic rings. The molecule has 2 atom stereocenters. The number of hydrogen-bond donors (Lipinski definition) is 3. The Hall–Kier alpha value is -1.84. The van der Waals surface area contributed by atoms with Crippen molar-refractivity contribution in [1.29, 1.82) is 0 Å². The van der Waals surface area contributed by atoms with Crippen LogP contribution in [0.5, 0.6) is 0 Å². The van der Waals surface area contributed by atoms with Gasteiger partial charge >= 0.3 is 12.1 Å². The third-order valence-electron chi connectivity index (χ3n) is 3.30. The van der Waals surface area contributed by atoms with Gasteiger partial charge in [-0.25, -0.2) is 18.0 Å². The molecule has 0 aromatic heterocycles. The zero-order valence-corrected chi connectivity index (χ0v) is 13.7. The van der Waals surface area contributed by atoms with Gasteiger partial charge in [-0.2, -0.15) is 5.26 Å². The van der Waals surface area contributed by atoms with Gasteiger partial charge in [-0.15, -0.1) is 0 Å². The fourth-order valence-corrected chi connectivity index (χ4v) is 3.83. The standard InChI is InChI=1S/C7H5ClO3.C6H11NO4S/c8-6-3-1-2-5(4-6)7(9)11-10;1-4-5(7-6(8)9)2-3-12(4,10)11/h1-4,10H;4-5,7H,2-3H2,1H3,(H,8,9). The van der Waals surface area contributed by atoms with Gasteiger partial charge in [0.1, 0.15) is 0 Å². The smallest absolute Gasteiger partial charge is 0.404 e. The first-order chi connectivity index (χ1) is 10.7. The number of halogens is 1. The highest BCUT2D eigenvalue weighted by molar-refractivity contribution is 7.92. The first kappa shape index (κ1) is 19.2. The molecular weight excluding hydrogens is 350 g/mol. The summed E-state index contributed by atoms with van der Waals surface area (Å²) >= 11 is 5.56. The van der Waals surface area contributed by atoms with Crippen LogP contribution in [0.2, 0.25) is 5.02 Å². The predicted octanol–water partition coefficient (Wildman–Crippen LogP) is 1.80. The van der Waals surface area contributed by atoms with Gasteiger partial charge in [0.25, 0.3) is 0 Å². The molecule has 1 aromatic carbocycles. The van der Waals surface area contributed by atoms with Crippen LogP contribution in [0.25, 0.3) is 0 Å². The first-order valence-electron chi connectivity index (χ1n) is 6.49. The Labute approximate surface area is 137 Å². The number of rotatable bonds is 2. The van der Waals surface area contributed by atoms with Crippen molar-refractivity contribution < 1.29 is 33.3 Å². The molecule has 8 nitrogen and oxygen atoms in total. The van der Waals surface area contributed by atoms with Gasteiger partial charge in [-0.3, -0.25) is 4.89 Å². The Balaban J connectivity index is 0.000000231. The molecule has 1 saturated heterocycles. The molecule has 23 heavy (non-hydrogen) atoms. The second-order valence-electron chi connectivity index (χ2n) is 4.81. The average Bonchev–Trinajstić information content (AvgIpc) is 2.73. The lowest BCUT2D eigenvalue weighted by molar-refractivity contribution is -0.182. The molecular formula is C13H16ClNO7S. The third-order valence-corrected chi connectivity index (χ3v) is 5.80. The maximum Gasteiger partial charge on any atom is 0.404 e. The summed E-state index contributed by atoms with van der Waals surface area (Å²) in [7, 11) is -3.05. The predicted molar refractivity (Wildman–Crippen MR) is 82.3 cm³/mol. The van der Waals surface area contributed by atoms with Crippen LogP contribution in [-0.4, -0.2) is 47.9 Å². The minimum absolute atomic E-state index is 0.0825. The molecule has 1 heterocycles. The van der Waals surface area contributed by atoms with E-state index < -0.39 is 33.2 Å². The summed E-state index contributed by atoms with van der Waals surface area (Å²) in [6.07, 6.45) is -0.778. The van der Waals surface area contributed by atoms with Crippen LogP contribution < -0.4 is 5.32 Å². The number of carboxylic acid groups (broad SMARTS) is 1. The maximum absolute atomic E-state index is 11.1. The molecule has 1 amide bonds. The molecule has 2 unspecified atom stereocenters. The Bertz CT molecular complexity index is 677. The Morgan fingerprint density at radius 3 is 2.48 bits per heavy atom. The first-order valence-corrected chi connectivity index (χ1v) is 8.59. The van der Waals surface area contributed by atoms with Gasteiger partial charge in [-0.1, -0.05) is 17.7 Å². The zero-order chi connectivity index (χ0) is 17.6. The number of sulfone groups is 1. The Kier molecular flexibility index (Phi) is 6.79. The van der Waals surface area contributed by atoms with Crippen LogP contribution in [0.4, 0.5) is 4.79 Å². The lowest BCUT2D eigenvalue weighted by Gasteiger charge is -2.12. The fraction of sp³-hybridized carbons (Fsp3) is 0.385. The number of amides is 1. The summed E-state index contributed by atoms with van der Waals surface area (Å²) in [6, 6.07) is 5.67. The molecule has 0 radical (unpaired) electrons. The van der Waals surface area contributed by atoms with Crippen LogP contribution in [0.15, 0.2) is 24.3 Å². The van der Waals surface area contributed by atoms with Crippen molar-refractivity contribution >= 4 is 33.5 Å². The van der Waals surface area contributed by atoms with Crippen molar-refractivity contribution in [1.82, 2.24) is 5.32 Å². The Morgan fingerprint density at radius 2 is 2.04 bits per heavy atom. The summed E-state index contributed by atoms with van der Waals surface area (Å²) in [4.78, 5) is 24.3. The van der Waals surface area contributed by atoms with Gasteiger partial charge in [0.05, 0.1) is 16.6 Å². The van der Waals surface area contributed by atoms with Crippen molar-refractivity contribution in [2.45, 2.75) is 24.6 Å². The van der Waals surface area contributed by atoms with E-state index in [9.17, 15) is 18.0 Å². The minimum Gasteiger partial charge on any atom is -0.465 e. The molecule has 0 bridgehead atoms. The topological polar surface area (TPSA) is 130 Å². The van der Waals surface area contributed by atoms with Crippen molar-refractivity contribution in [3.63, 3.8) is 0 Å². The van der Waals surface area contributed by atoms with E-state index >= 15 is 0 Å². The molecule has 2 rings (SSSR count). The summed E-state index contributed by atoms with van der Waals surface area (Å²) in [5.74, 6) is -0.730. The molecule has 0 saturated carbocycles. The highest BCUT2D eigenvalue weighted by atomic mass is 35.5. The quantitative estimate of drug-likeness (QED) is 0.538. The molecule has 1 aliphatic heterocycles. The second kappa shape index (κ2) is 8.14. The van der Waals surface area contributed by atoms with Gasteiger partial charge in [0.2, 0.25) is 0 Å². The lowest BCUT2D eigenvalue weighted by atomic mass is 10.2. The summed E-state index contributed by atoms with van der Waals surface area (Å²) < 4.78 is 22.2. The SMILES string of the molecule is CC1C(NC(=O)O)CCS1(=O)=O.O=C(OO)c1cccc(Cl)c1. The molecule has 1 aromatic rings. The van der Waals surface area contributed by atoms with E-state index in [4.69, 9.17) is 22.0 Å². The largest absolute Gasteiger partial charge is 0.465 e. The van der Waals surface area contributed by atoms with Crippen LogP contribution in [-0.2, 0) is 14.7 Å². The number of benzene rings is 1. The average molecular weight is 366 g/mol. The molecule has 3 N–H and O–H groups in total. The highest BCUT2D eigenvalue weighted by Crippen LogP contribution is 2.19. The van der Waals surface area contributed by atoms with Crippen molar-refractivity contribution in [2.75, 3.05) is 5.75 Å². The molecule has 10 heteroatoms. The van der Waals surface area contributed by atoms with Gasteiger partial charge in [-0.05, 0) is 31.5 Å². The van der Waals surface area contributed by atoms with E-state index in [1.54, 1.807) is 12.1 Å². The summed E-state index contributed by atoms with van der Waals surface area (Å²) in [5.41, 5.74) is 0.222. The van der Waals surface area contributed by atoms with E-state index in [0.717, 1.165) is 0 Å². The number of carbonyl (C=O) groups excluding carboxylic acids is 1. The molecule has 128 valence electrons. The number of carbonyl (C=O) groups is 2. The van der Waals surface area contributed by atoms with E-state index in [-0.39, 0.29) is 11.3 Å². The molecule has 0 spiro atoms. The monoisotopic (exact) mass is 365 g/mol. The van der Waals surface area contributed by atoms with E-state index in [0.29, 0.717) is 11.4 Å². The third kappa shape index (κ3) is 5.70. The van der Waals surface area contributed by atoms with Crippen LogP contribution in [0.1, 0.15) is 23.7 Å². The van der Waals surface area contributed by atoms with Crippen molar-refractivity contribution in [2.24, 2.45) is 0 Å². The Morgan fingerprint density at radius 1 is 1.39 bits per heavy atom. The summed E-state index contributed by atoms with van der Waals surface area (Å²) in [5, 5.41) is 18.4. The number of nitrogens with one attached hydrogen (secondary N) is 1. The highest BCUT2D eigenvalue weighted by Gasteiger charge is 2.37. The minimum atomic E-state index is -3.05.